The molecule has 1 saturated heterocycles. The fourth-order valence-electron chi connectivity index (χ4n) is 2.94. The standard InChI is InChI=1S/C12H23NO2S/c14-9-11-3-1-2-10(11)8-13-12-4-6-16(15)7-5-12/h10-14H,1-9H2. The molecule has 2 atom stereocenters. The Morgan fingerprint density at radius 3 is 2.50 bits per heavy atom. The van der Waals surface area contributed by atoms with Crippen LogP contribution in [0.25, 0.3) is 0 Å². The van der Waals surface area contributed by atoms with Crippen molar-refractivity contribution in [3.8, 4) is 0 Å². The highest BCUT2D eigenvalue weighted by Crippen LogP contribution is 2.30. The van der Waals surface area contributed by atoms with Crippen molar-refractivity contribution in [2.45, 2.75) is 38.1 Å². The van der Waals surface area contributed by atoms with Crippen LogP contribution in [0.3, 0.4) is 0 Å². The summed E-state index contributed by atoms with van der Waals surface area (Å²) in [5, 5.41) is 12.8. The zero-order chi connectivity index (χ0) is 11.4. The van der Waals surface area contributed by atoms with E-state index >= 15 is 0 Å². The molecule has 2 N–H and O–H groups in total. The lowest BCUT2D eigenvalue weighted by Gasteiger charge is -2.26. The summed E-state index contributed by atoms with van der Waals surface area (Å²) in [6, 6.07) is 0.567. The Morgan fingerprint density at radius 2 is 1.81 bits per heavy atom. The fourth-order valence-corrected chi connectivity index (χ4v) is 4.24. The molecule has 2 fully saturated rings. The van der Waals surface area contributed by atoms with Crippen LogP contribution in [-0.4, -0.2) is 40.0 Å². The quantitative estimate of drug-likeness (QED) is 0.773. The van der Waals surface area contributed by atoms with Gasteiger partial charge in [-0.05, 0) is 44.1 Å². The maximum absolute atomic E-state index is 11.2. The summed E-state index contributed by atoms with van der Waals surface area (Å²) < 4.78 is 11.2. The van der Waals surface area contributed by atoms with E-state index in [1.165, 1.54) is 19.3 Å². The average molecular weight is 245 g/mol. The normalized spacial score (nSPS) is 40.1. The summed E-state index contributed by atoms with van der Waals surface area (Å²) in [6.07, 6.45) is 5.84. The minimum atomic E-state index is -0.555. The monoisotopic (exact) mass is 245 g/mol. The molecule has 0 amide bonds. The first kappa shape index (κ1) is 12.5. The van der Waals surface area contributed by atoms with Gasteiger partial charge in [0.25, 0.3) is 0 Å². The number of hydrogen-bond acceptors (Lipinski definition) is 3. The third kappa shape index (κ3) is 3.28. The molecule has 4 heteroatoms. The summed E-state index contributed by atoms with van der Waals surface area (Å²) in [4.78, 5) is 0. The fraction of sp³-hybridized carbons (Fsp3) is 1.00. The summed E-state index contributed by atoms with van der Waals surface area (Å²) in [5.74, 6) is 2.92. The van der Waals surface area contributed by atoms with Crippen LogP contribution in [0.1, 0.15) is 32.1 Å². The first-order valence-corrected chi connectivity index (χ1v) is 7.97. The molecule has 0 aromatic heterocycles. The predicted octanol–water partition coefficient (Wildman–Crippen LogP) is 0.896. The summed E-state index contributed by atoms with van der Waals surface area (Å²) in [5.41, 5.74) is 0. The smallest absolute Gasteiger partial charge is 0.0462 e. The van der Waals surface area contributed by atoms with Crippen molar-refractivity contribution in [2.75, 3.05) is 24.7 Å². The molecule has 2 unspecified atom stereocenters. The molecule has 0 radical (unpaired) electrons. The third-order valence-corrected chi connectivity index (χ3v) is 5.49. The Hall–Kier alpha value is 0.0700. The van der Waals surface area contributed by atoms with E-state index in [4.69, 9.17) is 0 Å². The van der Waals surface area contributed by atoms with Gasteiger partial charge in [-0.3, -0.25) is 4.21 Å². The number of hydrogen-bond donors (Lipinski definition) is 2. The van der Waals surface area contributed by atoms with Crippen molar-refractivity contribution in [1.82, 2.24) is 5.32 Å². The van der Waals surface area contributed by atoms with E-state index in [2.05, 4.69) is 5.32 Å². The molecule has 1 saturated carbocycles. The van der Waals surface area contributed by atoms with Gasteiger partial charge in [0.1, 0.15) is 0 Å². The van der Waals surface area contributed by atoms with Crippen molar-refractivity contribution in [3.05, 3.63) is 0 Å². The number of aliphatic hydroxyl groups is 1. The molecule has 0 aromatic carbocycles. The Bertz CT molecular complexity index is 237. The van der Waals surface area contributed by atoms with Gasteiger partial charge in [0, 0.05) is 35.0 Å². The lowest BCUT2D eigenvalue weighted by molar-refractivity contribution is 0.189. The largest absolute Gasteiger partial charge is 0.396 e. The molecule has 2 rings (SSSR count). The van der Waals surface area contributed by atoms with Gasteiger partial charge >= 0.3 is 0 Å². The van der Waals surface area contributed by atoms with Crippen molar-refractivity contribution in [3.63, 3.8) is 0 Å². The molecule has 94 valence electrons. The Morgan fingerprint density at radius 1 is 1.12 bits per heavy atom. The van der Waals surface area contributed by atoms with Crippen molar-refractivity contribution < 1.29 is 9.32 Å². The van der Waals surface area contributed by atoms with Gasteiger partial charge in [0.05, 0.1) is 0 Å². The molecule has 0 aromatic rings. The summed E-state index contributed by atoms with van der Waals surface area (Å²) in [7, 11) is -0.555. The molecule has 0 spiro atoms. The molecule has 1 aliphatic carbocycles. The summed E-state index contributed by atoms with van der Waals surface area (Å²) in [6.45, 7) is 1.39. The van der Waals surface area contributed by atoms with E-state index in [1.54, 1.807) is 0 Å². The van der Waals surface area contributed by atoms with Crippen LogP contribution in [0, 0.1) is 11.8 Å². The van der Waals surface area contributed by atoms with Crippen LogP contribution in [0.15, 0.2) is 0 Å². The second-order valence-electron chi connectivity index (χ2n) is 5.16. The number of aliphatic hydroxyl groups excluding tert-OH is 1. The second-order valence-corrected chi connectivity index (χ2v) is 6.86. The van der Waals surface area contributed by atoms with E-state index in [0.29, 0.717) is 24.5 Å². The predicted molar refractivity (Wildman–Crippen MR) is 66.8 cm³/mol. The lowest BCUT2D eigenvalue weighted by Crippen LogP contribution is -2.39. The highest BCUT2D eigenvalue weighted by Gasteiger charge is 2.27. The maximum atomic E-state index is 11.2. The van der Waals surface area contributed by atoms with E-state index in [9.17, 15) is 9.32 Å². The van der Waals surface area contributed by atoms with Gasteiger partial charge in [-0.2, -0.15) is 0 Å². The van der Waals surface area contributed by atoms with Crippen LogP contribution < -0.4 is 5.32 Å². The van der Waals surface area contributed by atoms with E-state index in [1.807, 2.05) is 0 Å². The molecule has 0 bridgehead atoms. The first-order chi connectivity index (χ1) is 7.79. The van der Waals surface area contributed by atoms with Crippen molar-refractivity contribution in [1.29, 1.82) is 0 Å². The molecular weight excluding hydrogens is 222 g/mol. The lowest BCUT2D eigenvalue weighted by atomic mass is 9.96. The third-order valence-electron chi connectivity index (χ3n) is 4.11. The van der Waals surface area contributed by atoms with Gasteiger partial charge < -0.3 is 10.4 Å². The van der Waals surface area contributed by atoms with Crippen LogP contribution in [-0.2, 0) is 10.8 Å². The van der Waals surface area contributed by atoms with Gasteiger partial charge in [-0.25, -0.2) is 0 Å². The number of nitrogens with one attached hydrogen (secondary N) is 1. The Labute approximate surface area is 100 Å². The highest BCUT2D eigenvalue weighted by molar-refractivity contribution is 7.85. The highest BCUT2D eigenvalue weighted by atomic mass is 32.2. The molecule has 1 aliphatic heterocycles. The van der Waals surface area contributed by atoms with Crippen LogP contribution in [0.5, 0.6) is 0 Å². The minimum absolute atomic E-state index is 0.348. The minimum Gasteiger partial charge on any atom is -0.396 e. The van der Waals surface area contributed by atoms with Crippen molar-refractivity contribution in [2.24, 2.45) is 11.8 Å². The summed E-state index contributed by atoms with van der Waals surface area (Å²) >= 11 is 0. The number of rotatable bonds is 4. The Kier molecular flexibility index (Phi) is 4.79. The van der Waals surface area contributed by atoms with Crippen LogP contribution >= 0.6 is 0 Å². The SMILES string of the molecule is O=S1CCC(NCC2CCCC2CO)CC1. The van der Waals surface area contributed by atoms with Gasteiger partial charge in [-0.1, -0.05) is 6.42 Å². The van der Waals surface area contributed by atoms with Crippen LogP contribution in [0.4, 0.5) is 0 Å². The molecule has 16 heavy (non-hydrogen) atoms. The van der Waals surface area contributed by atoms with E-state index in [-0.39, 0.29) is 0 Å². The Balaban J connectivity index is 1.68. The first-order valence-electron chi connectivity index (χ1n) is 6.49. The van der Waals surface area contributed by atoms with Gasteiger partial charge in [0.2, 0.25) is 0 Å². The van der Waals surface area contributed by atoms with E-state index in [0.717, 1.165) is 30.9 Å². The molecule has 3 nitrogen and oxygen atoms in total. The van der Waals surface area contributed by atoms with Gasteiger partial charge in [0.15, 0.2) is 0 Å². The molecule has 1 heterocycles. The molecular formula is C12H23NO2S. The van der Waals surface area contributed by atoms with E-state index < -0.39 is 10.8 Å². The maximum Gasteiger partial charge on any atom is 0.0462 e. The molecule has 2 aliphatic rings. The van der Waals surface area contributed by atoms with Gasteiger partial charge in [-0.15, -0.1) is 0 Å². The average Bonchev–Trinajstić information content (AvgIpc) is 2.76. The zero-order valence-electron chi connectivity index (χ0n) is 9.86. The zero-order valence-corrected chi connectivity index (χ0v) is 10.7. The van der Waals surface area contributed by atoms with Crippen molar-refractivity contribution >= 4 is 10.8 Å². The van der Waals surface area contributed by atoms with Crippen LogP contribution in [0.2, 0.25) is 0 Å². The topological polar surface area (TPSA) is 49.3 Å². The second kappa shape index (κ2) is 6.12.